The van der Waals surface area contributed by atoms with Gasteiger partial charge in [0.05, 0.1) is 13.2 Å². The lowest BCUT2D eigenvalue weighted by atomic mass is 10.0. The van der Waals surface area contributed by atoms with Crippen LogP contribution in [0.1, 0.15) is 32.6 Å². The van der Waals surface area contributed by atoms with Gasteiger partial charge in [0.2, 0.25) is 17.7 Å². The Morgan fingerprint density at radius 1 is 1.33 bits per heavy atom. The number of rotatable bonds is 9. The highest BCUT2D eigenvalue weighted by atomic mass is 32.1. The number of hydrogen-bond donors (Lipinski definition) is 1. The van der Waals surface area contributed by atoms with Gasteiger partial charge < -0.3 is 14.5 Å². The van der Waals surface area contributed by atoms with Gasteiger partial charge in [-0.05, 0) is 23.8 Å². The molecule has 1 aliphatic heterocycles. The zero-order chi connectivity index (χ0) is 19.1. The van der Waals surface area contributed by atoms with Crippen LogP contribution in [0.3, 0.4) is 0 Å². The van der Waals surface area contributed by atoms with Crippen molar-refractivity contribution >= 4 is 17.2 Å². The van der Waals surface area contributed by atoms with Gasteiger partial charge in [0.15, 0.2) is 0 Å². The fourth-order valence-electron chi connectivity index (χ4n) is 3.25. The first-order chi connectivity index (χ1) is 13.1. The van der Waals surface area contributed by atoms with E-state index in [1.54, 1.807) is 11.3 Å². The van der Waals surface area contributed by atoms with Crippen molar-refractivity contribution in [3.63, 3.8) is 0 Å². The highest BCUT2D eigenvalue weighted by Gasteiger charge is 2.22. The molecule has 0 radical (unpaired) electrons. The molecule has 1 unspecified atom stereocenters. The molecule has 0 aromatic carbocycles. The predicted octanol–water partition coefficient (Wildman–Crippen LogP) is 2.59. The fourth-order valence-corrected chi connectivity index (χ4v) is 3.88. The van der Waals surface area contributed by atoms with Crippen molar-refractivity contribution in [3.05, 3.63) is 22.7 Å². The first kappa shape index (κ1) is 20.0. The highest BCUT2D eigenvalue weighted by molar-refractivity contribution is 7.08. The van der Waals surface area contributed by atoms with Crippen LogP contribution in [0.2, 0.25) is 0 Å². The third-order valence-corrected chi connectivity index (χ3v) is 5.32. The molecule has 1 amide bonds. The van der Waals surface area contributed by atoms with Crippen molar-refractivity contribution in [2.24, 2.45) is 5.92 Å². The Hall–Kier alpha value is -1.77. The number of thiophene rings is 1. The topological polar surface area (TPSA) is 80.5 Å². The van der Waals surface area contributed by atoms with Crippen molar-refractivity contribution < 1.29 is 13.9 Å². The average molecular weight is 393 g/mol. The minimum Gasteiger partial charge on any atom is -0.421 e. The molecule has 3 heterocycles. The largest absolute Gasteiger partial charge is 0.421 e. The third kappa shape index (κ3) is 6.12. The van der Waals surface area contributed by atoms with Crippen molar-refractivity contribution in [1.82, 2.24) is 20.4 Å². The maximum Gasteiger partial charge on any atom is 0.248 e. The van der Waals surface area contributed by atoms with Crippen LogP contribution in [0.4, 0.5) is 0 Å². The zero-order valence-electron chi connectivity index (χ0n) is 16.0. The fraction of sp³-hybridized carbons (Fsp3) is 0.632. The Morgan fingerprint density at radius 3 is 2.85 bits per heavy atom. The van der Waals surface area contributed by atoms with Gasteiger partial charge in [0.25, 0.3) is 0 Å². The number of morpholine rings is 1. The summed E-state index contributed by atoms with van der Waals surface area (Å²) in [6.45, 7) is 8.51. The second kappa shape index (κ2) is 9.96. The van der Waals surface area contributed by atoms with Crippen LogP contribution in [0.25, 0.3) is 11.5 Å². The molecule has 1 atom stereocenters. The number of aromatic nitrogens is 2. The summed E-state index contributed by atoms with van der Waals surface area (Å²) < 4.78 is 11.1. The van der Waals surface area contributed by atoms with E-state index >= 15 is 0 Å². The summed E-state index contributed by atoms with van der Waals surface area (Å²) in [4.78, 5) is 14.7. The van der Waals surface area contributed by atoms with Crippen LogP contribution in [-0.2, 0) is 16.0 Å². The molecule has 2 aromatic heterocycles. The van der Waals surface area contributed by atoms with Gasteiger partial charge >= 0.3 is 0 Å². The molecule has 0 aliphatic carbocycles. The van der Waals surface area contributed by atoms with Crippen molar-refractivity contribution in [3.8, 4) is 11.5 Å². The van der Waals surface area contributed by atoms with Gasteiger partial charge in [0, 0.05) is 49.5 Å². The summed E-state index contributed by atoms with van der Waals surface area (Å²) in [5.41, 5.74) is 0.922. The average Bonchev–Trinajstić information content (AvgIpc) is 3.35. The molecule has 1 fully saturated rings. The van der Waals surface area contributed by atoms with Crippen LogP contribution >= 0.6 is 11.3 Å². The van der Waals surface area contributed by atoms with E-state index < -0.39 is 0 Å². The SMILES string of the molecule is CC(C)CC(CNC(=O)CCc1nnc(-c2ccsc2)o1)N1CCOCC1. The lowest BCUT2D eigenvalue weighted by Crippen LogP contribution is -2.49. The lowest BCUT2D eigenvalue weighted by molar-refractivity contribution is -0.121. The number of nitrogens with zero attached hydrogens (tertiary/aromatic N) is 3. The molecule has 0 spiro atoms. The summed E-state index contributed by atoms with van der Waals surface area (Å²) >= 11 is 1.58. The first-order valence-corrected chi connectivity index (χ1v) is 10.5. The van der Waals surface area contributed by atoms with Gasteiger partial charge in [-0.3, -0.25) is 9.69 Å². The Balaban J connectivity index is 1.45. The Kier molecular flexibility index (Phi) is 7.37. The van der Waals surface area contributed by atoms with Crippen LogP contribution in [0.15, 0.2) is 21.2 Å². The second-order valence-corrected chi connectivity index (χ2v) is 8.03. The van der Waals surface area contributed by atoms with Crippen LogP contribution in [0.5, 0.6) is 0 Å². The number of carbonyl (C=O) groups excluding carboxylic acids is 1. The van der Waals surface area contributed by atoms with E-state index in [1.807, 2.05) is 16.8 Å². The summed E-state index contributed by atoms with van der Waals surface area (Å²) in [5.74, 6) is 1.62. The van der Waals surface area contributed by atoms with E-state index in [0.717, 1.165) is 38.3 Å². The van der Waals surface area contributed by atoms with E-state index in [9.17, 15) is 4.79 Å². The van der Waals surface area contributed by atoms with Gasteiger partial charge in [-0.15, -0.1) is 10.2 Å². The number of nitrogens with one attached hydrogen (secondary N) is 1. The van der Waals surface area contributed by atoms with Crippen LogP contribution < -0.4 is 5.32 Å². The first-order valence-electron chi connectivity index (χ1n) is 9.55. The molecule has 0 bridgehead atoms. The normalized spacial score (nSPS) is 16.6. The summed E-state index contributed by atoms with van der Waals surface area (Å²) in [6.07, 6.45) is 1.87. The standard InChI is InChI=1S/C19H28N4O3S/c1-14(2)11-16(23-6-8-25-9-7-23)12-20-17(24)3-4-18-21-22-19(26-18)15-5-10-27-13-15/h5,10,13-14,16H,3-4,6-9,11-12H2,1-2H3,(H,20,24). The summed E-state index contributed by atoms with van der Waals surface area (Å²) in [6, 6.07) is 2.29. The molecule has 7 nitrogen and oxygen atoms in total. The highest BCUT2D eigenvalue weighted by Crippen LogP contribution is 2.20. The predicted molar refractivity (Wildman–Crippen MR) is 105 cm³/mol. The summed E-state index contributed by atoms with van der Waals surface area (Å²) in [5, 5.41) is 15.1. The number of aryl methyl sites for hydroxylation is 1. The van der Waals surface area contributed by atoms with E-state index in [2.05, 4.69) is 34.3 Å². The Morgan fingerprint density at radius 2 is 2.15 bits per heavy atom. The van der Waals surface area contributed by atoms with Gasteiger partial charge in [0.1, 0.15) is 0 Å². The molecule has 0 saturated carbocycles. The smallest absolute Gasteiger partial charge is 0.248 e. The maximum atomic E-state index is 12.3. The van der Waals surface area contributed by atoms with Gasteiger partial charge in [-0.1, -0.05) is 13.8 Å². The molecular weight excluding hydrogens is 364 g/mol. The van der Waals surface area contributed by atoms with Gasteiger partial charge in [-0.2, -0.15) is 11.3 Å². The van der Waals surface area contributed by atoms with Gasteiger partial charge in [-0.25, -0.2) is 0 Å². The molecule has 1 N–H and O–H groups in total. The Labute approximate surface area is 164 Å². The second-order valence-electron chi connectivity index (χ2n) is 7.25. The van der Waals surface area contributed by atoms with E-state index in [0.29, 0.717) is 43.1 Å². The van der Waals surface area contributed by atoms with Crippen molar-refractivity contribution in [2.45, 2.75) is 39.2 Å². The Bertz CT molecular complexity index is 696. The van der Waals surface area contributed by atoms with Crippen molar-refractivity contribution in [1.29, 1.82) is 0 Å². The molecular formula is C19H28N4O3S. The van der Waals surface area contributed by atoms with Crippen LogP contribution in [-0.4, -0.2) is 59.9 Å². The van der Waals surface area contributed by atoms with Crippen molar-refractivity contribution in [2.75, 3.05) is 32.8 Å². The molecule has 1 saturated heterocycles. The minimum absolute atomic E-state index is 0.0206. The monoisotopic (exact) mass is 392 g/mol. The molecule has 8 heteroatoms. The molecule has 3 rings (SSSR count). The zero-order valence-corrected chi connectivity index (χ0v) is 16.8. The molecule has 148 valence electrons. The van der Waals surface area contributed by atoms with Crippen LogP contribution in [0, 0.1) is 5.92 Å². The molecule has 27 heavy (non-hydrogen) atoms. The lowest BCUT2D eigenvalue weighted by Gasteiger charge is -2.35. The number of carbonyl (C=O) groups is 1. The number of hydrogen-bond acceptors (Lipinski definition) is 7. The number of amides is 1. The van der Waals surface area contributed by atoms with E-state index in [1.165, 1.54) is 0 Å². The summed E-state index contributed by atoms with van der Waals surface area (Å²) in [7, 11) is 0. The molecule has 1 aliphatic rings. The van der Waals surface area contributed by atoms with E-state index in [-0.39, 0.29) is 5.91 Å². The number of ether oxygens (including phenoxy) is 1. The van der Waals surface area contributed by atoms with E-state index in [4.69, 9.17) is 9.15 Å². The minimum atomic E-state index is 0.0206. The molecule has 2 aromatic rings. The third-order valence-electron chi connectivity index (χ3n) is 4.64. The maximum absolute atomic E-state index is 12.3. The quantitative estimate of drug-likeness (QED) is 0.706.